The average Bonchev–Trinajstić information content (AvgIpc) is 2.27. The van der Waals surface area contributed by atoms with E-state index in [9.17, 15) is 4.79 Å². The first-order valence-electron chi connectivity index (χ1n) is 4.59. The van der Waals surface area contributed by atoms with Gasteiger partial charge in [0.2, 0.25) is 5.75 Å². The molecule has 17 heavy (non-hydrogen) atoms. The molecule has 0 radical (unpaired) electrons. The van der Waals surface area contributed by atoms with Crippen molar-refractivity contribution in [2.75, 3.05) is 21.3 Å². The average molecular weight is 243 g/mol. The monoisotopic (exact) mass is 243 g/mol. The molecule has 1 rings (SSSR count). The van der Waals surface area contributed by atoms with Crippen LogP contribution in [0.1, 0.15) is 15.9 Å². The normalized spacial score (nSPS) is 9.18. The second-order valence-electron chi connectivity index (χ2n) is 3.12. The maximum atomic E-state index is 11.0. The molecule has 0 fully saturated rings. The van der Waals surface area contributed by atoms with E-state index < -0.39 is 5.97 Å². The summed E-state index contributed by atoms with van der Waals surface area (Å²) in [6, 6.07) is 1.42. The van der Waals surface area contributed by atoms with Crippen molar-refractivity contribution in [3.05, 3.63) is 17.2 Å². The summed E-state index contributed by atoms with van der Waals surface area (Å²) in [5, 5.41) is 9.02. The second kappa shape index (κ2) is 5.95. The lowest BCUT2D eigenvalue weighted by molar-refractivity contribution is 0.0695. The number of rotatable bonds is 4. The van der Waals surface area contributed by atoms with Crippen LogP contribution in [0.2, 0.25) is 0 Å². The first-order chi connectivity index (χ1) is 7.56. The molecule has 0 aliphatic heterocycles. The Hall–Kier alpha value is -1.95. The Morgan fingerprint density at radius 2 is 1.65 bits per heavy atom. The first kappa shape index (κ1) is 15.0. The minimum absolute atomic E-state index is 0. The Morgan fingerprint density at radius 1 is 1.12 bits per heavy atom. The van der Waals surface area contributed by atoms with Crippen molar-refractivity contribution in [2.24, 2.45) is 0 Å². The van der Waals surface area contributed by atoms with Crippen LogP contribution in [-0.4, -0.2) is 32.4 Å². The van der Waals surface area contributed by atoms with Gasteiger partial charge in [-0.15, -0.1) is 0 Å². The summed E-state index contributed by atoms with van der Waals surface area (Å²) in [6.45, 7) is 1.66. The van der Waals surface area contributed by atoms with Gasteiger partial charge in [0.15, 0.2) is 11.5 Å². The van der Waals surface area contributed by atoms with Gasteiger partial charge in [0.25, 0.3) is 0 Å². The van der Waals surface area contributed by atoms with Crippen molar-refractivity contribution in [1.82, 2.24) is 6.15 Å². The Balaban J connectivity index is 0.00000256. The molecule has 0 atom stereocenters. The Kier molecular flexibility index (Phi) is 5.27. The van der Waals surface area contributed by atoms with Crippen LogP contribution in [0.15, 0.2) is 6.07 Å². The fourth-order valence-corrected chi connectivity index (χ4v) is 1.52. The third-order valence-electron chi connectivity index (χ3n) is 2.31. The summed E-state index contributed by atoms with van der Waals surface area (Å²) in [5.41, 5.74) is 0.641. The summed E-state index contributed by atoms with van der Waals surface area (Å²) in [5.74, 6) is 0.0749. The van der Waals surface area contributed by atoms with Crippen molar-refractivity contribution in [1.29, 1.82) is 0 Å². The summed E-state index contributed by atoms with van der Waals surface area (Å²) in [7, 11) is 4.37. The van der Waals surface area contributed by atoms with Gasteiger partial charge < -0.3 is 25.5 Å². The maximum absolute atomic E-state index is 11.0. The summed E-state index contributed by atoms with van der Waals surface area (Å²) >= 11 is 0. The van der Waals surface area contributed by atoms with Crippen LogP contribution in [0, 0.1) is 6.92 Å². The molecule has 0 amide bonds. The number of carboxylic acids is 1. The molecular weight excluding hydrogens is 226 g/mol. The van der Waals surface area contributed by atoms with Gasteiger partial charge in [-0.1, -0.05) is 0 Å². The number of aromatic carboxylic acids is 1. The standard InChI is InChI=1S/C11H14O5.H3N/c1-6-7(11(12)13)5-8(14-2)10(16-4)9(6)15-3;/h5H,1-4H3,(H,12,13);1H3. The van der Waals surface area contributed by atoms with E-state index in [1.165, 1.54) is 27.4 Å². The lowest BCUT2D eigenvalue weighted by atomic mass is 10.1. The highest BCUT2D eigenvalue weighted by atomic mass is 16.5. The molecule has 0 bridgehead atoms. The number of ether oxygens (including phenoxy) is 3. The predicted molar refractivity (Wildman–Crippen MR) is 62.8 cm³/mol. The molecule has 1 aromatic rings. The summed E-state index contributed by atoms with van der Waals surface area (Å²) < 4.78 is 15.3. The molecule has 0 unspecified atom stereocenters. The molecule has 0 aromatic heterocycles. The van der Waals surface area contributed by atoms with Gasteiger partial charge in [-0.05, 0) is 13.0 Å². The van der Waals surface area contributed by atoms with Crippen LogP contribution in [0.25, 0.3) is 0 Å². The first-order valence-corrected chi connectivity index (χ1v) is 4.59. The van der Waals surface area contributed by atoms with Crippen LogP contribution < -0.4 is 20.4 Å². The van der Waals surface area contributed by atoms with Gasteiger partial charge in [0.1, 0.15) is 0 Å². The second-order valence-corrected chi connectivity index (χ2v) is 3.12. The van der Waals surface area contributed by atoms with Gasteiger partial charge in [-0.3, -0.25) is 0 Å². The maximum Gasteiger partial charge on any atom is 0.336 e. The Bertz CT molecular complexity index is 417. The molecular formula is C11H17NO5. The smallest absolute Gasteiger partial charge is 0.336 e. The summed E-state index contributed by atoms with van der Waals surface area (Å²) in [6.07, 6.45) is 0. The highest BCUT2D eigenvalue weighted by Gasteiger charge is 2.20. The lowest BCUT2D eigenvalue weighted by Gasteiger charge is -2.15. The minimum Gasteiger partial charge on any atom is -0.493 e. The van der Waals surface area contributed by atoms with E-state index in [0.717, 1.165) is 0 Å². The zero-order chi connectivity index (χ0) is 12.3. The van der Waals surface area contributed by atoms with E-state index in [1.54, 1.807) is 6.92 Å². The molecule has 0 aliphatic rings. The molecule has 4 N–H and O–H groups in total. The topological polar surface area (TPSA) is 100.0 Å². The van der Waals surface area contributed by atoms with Crippen molar-refractivity contribution < 1.29 is 24.1 Å². The zero-order valence-electron chi connectivity index (χ0n) is 10.4. The van der Waals surface area contributed by atoms with E-state index in [4.69, 9.17) is 19.3 Å². The third kappa shape index (κ3) is 2.59. The zero-order valence-corrected chi connectivity index (χ0v) is 10.4. The van der Waals surface area contributed by atoms with Crippen molar-refractivity contribution in [3.63, 3.8) is 0 Å². The van der Waals surface area contributed by atoms with Gasteiger partial charge in [-0.2, -0.15) is 0 Å². The van der Waals surface area contributed by atoms with Crippen LogP contribution in [0.4, 0.5) is 0 Å². The molecule has 6 nitrogen and oxygen atoms in total. The van der Waals surface area contributed by atoms with Crippen LogP contribution >= 0.6 is 0 Å². The largest absolute Gasteiger partial charge is 0.493 e. The van der Waals surface area contributed by atoms with Gasteiger partial charge in [0.05, 0.1) is 26.9 Å². The number of benzene rings is 1. The number of carboxylic acid groups (broad SMARTS) is 1. The summed E-state index contributed by atoms with van der Waals surface area (Å²) in [4.78, 5) is 11.0. The van der Waals surface area contributed by atoms with Crippen molar-refractivity contribution in [2.45, 2.75) is 6.92 Å². The van der Waals surface area contributed by atoms with E-state index >= 15 is 0 Å². The van der Waals surface area contributed by atoms with Gasteiger partial charge in [0, 0.05) is 5.56 Å². The number of hydrogen-bond donors (Lipinski definition) is 2. The van der Waals surface area contributed by atoms with E-state index in [2.05, 4.69) is 0 Å². The van der Waals surface area contributed by atoms with E-state index in [-0.39, 0.29) is 11.7 Å². The quantitative estimate of drug-likeness (QED) is 0.837. The molecule has 1 aromatic carbocycles. The highest BCUT2D eigenvalue weighted by molar-refractivity contribution is 5.91. The number of methoxy groups -OCH3 is 3. The van der Waals surface area contributed by atoms with Crippen LogP contribution in [-0.2, 0) is 0 Å². The van der Waals surface area contributed by atoms with Gasteiger partial charge in [-0.25, -0.2) is 4.79 Å². The lowest BCUT2D eigenvalue weighted by Crippen LogP contribution is -2.05. The fourth-order valence-electron chi connectivity index (χ4n) is 1.52. The van der Waals surface area contributed by atoms with Crippen LogP contribution in [0.3, 0.4) is 0 Å². The predicted octanol–water partition coefficient (Wildman–Crippen LogP) is 1.88. The molecule has 6 heteroatoms. The van der Waals surface area contributed by atoms with E-state index in [1.807, 2.05) is 0 Å². The molecule has 0 aliphatic carbocycles. The van der Waals surface area contributed by atoms with Crippen molar-refractivity contribution in [3.8, 4) is 17.2 Å². The molecule has 0 heterocycles. The van der Waals surface area contributed by atoms with Crippen molar-refractivity contribution >= 4 is 5.97 Å². The van der Waals surface area contributed by atoms with E-state index in [0.29, 0.717) is 22.8 Å². The molecule has 96 valence electrons. The fraction of sp³-hybridized carbons (Fsp3) is 0.364. The molecule has 0 saturated heterocycles. The molecule has 0 spiro atoms. The highest BCUT2D eigenvalue weighted by Crippen LogP contribution is 2.41. The Labute approximate surface area is 99.7 Å². The number of carbonyl (C=O) groups is 1. The molecule has 0 saturated carbocycles. The minimum atomic E-state index is -1.03. The van der Waals surface area contributed by atoms with Crippen LogP contribution in [0.5, 0.6) is 17.2 Å². The van der Waals surface area contributed by atoms with Gasteiger partial charge >= 0.3 is 5.97 Å². The Morgan fingerprint density at radius 3 is 2.00 bits per heavy atom. The third-order valence-corrected chi connectivity index (χ3v) is 2.31. The number of hydrogen-bond acceptors (Lipinski definition) is 5. The SMILES string of the molecule is COc1cc(C(=O)O)c(C)c(OC)c1OC.N.